The van der Waals surface area contributed by atoms with Gasteiger partial charge in [0.1, 0.15) is 6.07 Å². The lowest BCUT2D eigenvalue weighted by Crippen LogP contribution is -2.52. The molecule has 2 saturated heterocycles. The van der Waals surface area contributed by atoms with Gasteiger partial charge in [-0.05, 0) is 24.3 Å². The van der Waals surface area contributed by atoms with Crippen LogP contribution in [0.1, 0.15) is 12.0 Å². The van der Waals surface area contributed by atoms with Crippen molar-refractivity contribution in [3.05, 3.63) is 59.1 Å². The molecule has 1 unspecified atom stereocenters. The molecule has 0 aromatic heterocycles. The number of rotatable bonds is 4. The number of anilines is 1. The van der Waals surface area contributed by atoms with Crippen molar-refractivity contribution in [1.29, 1.82) is 5.26 Å². The van der Waals surface area contributed by atoms with E-state index in [2.05, 4.69) is 0 Å². The lowest BCUT2D eigenvalue weighted by Gasteiger charge is -2.35. The predicted molar refractivity (Wildman–Crippen MR) is 118 cm³/mol. The van der Waals surface area contributed by atoms with Crippen molar-refractivity contribution in [2.24, 2.45) is 5.92 Å². The van der Waals surface area contributed by atoms with Crippen LogP contribution in [0.3, 0.4) is 0 Å². The number of nitriles is 1. The molecule has 32 heavy (non-hydrogen) atoms. The van der Waals surface area contributed by atoms with Crippen molar-refractivity contribution in [2.75, 3.05) is 37.6 Å². The van der Waals surface area contributed by atoms with Gasteiger partial charge in [-0.3, -0.25) is 9.59 Å². The second kappa shape index (κ2) is 8.90. The van der Waals surface area contributed by atoms with E-state index in [9.17, 15) is 23.3 Å². The normalized spacial score (nSPS) is 19.8. The zero-order valence-corrected chi connectivity index (χ0v) is 18.7. The Labute approximate surface area is 191 Å². The molecule has 8 nitrogen and oxygen atoms in total. The van der Waals surface area contributed by atoms with E-state index in [1.165, 1.54) is 21.3 Å². The molecule has 0 N–H and O–H groups in total. The van der Waals surface area contributed by atoms with Crippen molar-refractivity contribution >= 4 is 39.1 Å². The van der Waals surface area contributed by atoms with Crippen LogP contribution < -0.4 is 4.90 Å². The van der Waals surface area contributed by atoms with Gasteiger partial charge in [-0.2, -0.15) is 9.57 Å². The maximum atomic E-state index is 13.0. The Hall–Kier alpha value is -2.93. The Bertz CT molecular complexity index is 1200. The Balaban J connectivity index is 1.42. The van der Waals surface area contributed by atoms with E-state index in [0.29, 0.717) is 10.7 Å². The number of halogens is 1. The van der Waals surface area contributed by atoms with Crippen LogP contribution in [-0.4, -0.2) is 62.2 Å². The third kappa shape index (κ3) is 4.09. The molecular weight excluding hydrogens is 452 g/mol. The predicted octanol–water partition coefficient (Wildman–Crippen LogP) is 2.10. The van der Waals surface area contributed by atoms with Crippen molar-refractivity contribution in [1.82, 2.24) is 9.21 Å². The molecule has 10 heteroatoms. The summed E-state index contributed by atoms with van der Waals surface area (Å²) in [4.78, 5) is 28.7. The third-order valence-electron chi connectivity index (χ3n) is 5.79. The minimum absolute atomic E-state index is 0.0287. The van der Waals surface area contributed by atoms with Crippen LogP contribution in [-0.2, 0) is 19.6 Å². The first-order valence-corrected chi connectivity index (χ1v) is 12.0. The highest BCUT2D eigenvalue weighted by Crippen LogP contribution is 2.32. The SMILES string of the molecule is N#Cc1ccccc1S(=O)(=O)N1CCN(C(=O)C2CC(=O)N(c3ccccc3Cl)C2)CC1. The quantitative estimate of drug-likeness (QED) is 0.678. The molecule has 2 aromatic rings. The molecule has 2 fully saturated rings. The van der Waals surface area contributed by atoms with Gasteiger partial charge < -0.3 is 9.80 Å². The highest BCUT2D eigenvalue weighted by Gasteiger charge is 2.39. The minimum atomic E-state index is -3.84. The first-order valence-electron chi connectivity index (χ1n) is 10.2. The Morgan fingerprint density at radius 2 is 1.69 bits per heavy atom. The van der Waals surface area contributed by atoms with E-state index < -0.39 is 15.9 Å². The molecule has 0 saturated carbocycles. The largest absolute Gasteiger partial charge is 0.340 e. The number of carbonyl (C=O) groups is 2. The fourth-order valence-electron chi connectivity index (χ4n) is 4.11. The smallest absolute Gasteiger partial charge is 0.244 e. The molecule has 0 spiro atoms. The van der Waals surface area contributed by atoms with Crippen molar-refractivity contribution in [3.63, 3.8) is 0 Å². The van der Waals surface area contributed by atoms with E-state index in [4.69, 9.17) is 11.6 Å². The monoisotopic (exact) mass is 472 g/mol. The Morgan fingerprint density at radius 3 is 2.38 bits per heavy atom. The molecule has 4 rings (SSSR count). The summed E-state index contributed by atoms with van der Waals surface area (Å²) in [6, 6.07) is 15.0. The van der Waals surface area contributed by atoms with Crippen molar-refractivity contribution in [3.8, 4) is 6.07 Å². The molecule has 166 valence electrons. The fraction of sp³-hybridized carbons (Fsp3) is 0.318. The Kier molecular flexibility index (Phi) is 6.20. The molecule has 2 aliphatic heterocycles. The Morgan fingerprint density at radius 1 is 1.03 bits per heavy atom. The number of amides is 2. The summed E-state index contributed by atoms with van der Waals surface area (Å²) >= 11 is 6.20. The second-order valence-electron chi connectivity index (χ2n) is 7.69. The zero-order chi connectivity index (χ0) is 22.9. The molecule has 2 aliphatic rings. The number of hydrogen-bond donors (Lipinski definition) is 0. The summed E-state index contributed by atoms with van der Waals surface area (Å²) in [5, 5.41) is 9.68. The highest BCUT2D eigenvalue weighted by atomic mass is 35.5. The van der Waals surface area contributed by atoms with Gasteiger partial charge in [0.25, 0.3) is 0 Å². The maximum absolute atomic E-state index is 13.0. The molecule has 0 radical (unpaired) electrons. The molecule has 2 aromatic carbocycles. The topological polar surface area (TPSA) is 102 Å². The van der Waals surface area contributed by atoms with Crippen molar-refractivity contribution in [2.45, 2.75) is 11.3 Å². The van der Waals surface area contributed by atoms with Crippen LogP contribution in [0.2, 0.25) is 5.02 Å². The van der Waals surface area contributed by atoms with Gasteiger partial charge in [0.2, 0.25) is 21.8 Å². The number of nitrogens with zero attached hydrogens (tertiary/aromatic N) is 4. The summed E-state index contributed by atoms with van der Waals surface area (Å²) in [6.45, 7) is 0.952. The maximum Gasteiger partial charge on any atom is 0.244 e. The standard InChI is InChI=1S/C22H21ClN4O4S/c23-18-6-2-3-7-19(18)27-15-17(13-21(27)28)22(29)25-9-11-26(12-10-25)32(30,31)20-8-4-1-5-16(20)14-24/h1-8,17H,9-13,15H2. The van der Waals surface area contributed by atoms with Gasteiger partial charge >= 0.3 is 0 Å². The van der Waals surface area contributed by atoms with Gasteiger partial charge in [-0.15, -0.1) is 0 Å². The fourth-order valence-corrected chi connectivity index (χ4v) is 5.91. The molecule has 1 atom stereocenters. The first-order chi connectivity index (χ1) is 15.3. The van der Waals surface area contributed by atoms with Crippen LogP contribution in [0, 0.1) is 17.2 Å². The molecule has 2 amide bonds. The van der Waals surface area contributed by atoms with Gasteiger partial charge in [-0.25, -0.2) is 8.42 Å². The average Bonchev–Trinajstić information content (AvgIpc) is 3.20. The van der Waals surface area contributed by atoms with Crippen LogP contribution >= 0.6 is 11.6 Å². The molecule has 2 heterocycles. The number of piperazine rings is 1. The van der Waals surface area contributed by atoms with Gasteiger partial charge in [-0.1, -0.05) is 35.9 Å². The summed E-state index contributed by atoms with van der Waals surface area (Å²) < 4.78 is 27.3. The second-order valence-corrected chi connectivity index (χ2v) is 10.0. The van der Waals surface area contributed by atoms with E-state index in [0.717, 1.165) is 0 Å². The number of sulfonamides is 1. The third-order valence-corrected chi connectivity index (χ3v) is 8.07. The molecule has 0 bridgehead atoms. The van der Waals surface area contributed by atoms with Gasteiger partial charge in [0.05, 0.1) is 27.1 Å². The van der Waals surface area contributed by atoms with Crippen LogP contribution in [0.4, 0.5) is 5.69 Å². The summed E-state index contributed by atoms with van der Waals surface area (Å²) in [6.07, 6.45) is 0.0954. The molecular formula is C22H21ClN4O4S. The van der Waals surface area contributed by atoms with E-state index in [1.807, 2.05) is 6.07 Å². The van der Waals surface area contributed by atoms with E-state index in [-0.39, 0.29) is 61.4 Å². The van der Waals surface area contributed by atoms with E-state index in [1.54, 1.807) is 41.3 Å². The highest BCUT2D eigenvalue weighted by molar-refractivity contribution is 7.89. The summed E-state index contributed by atoms with van der Waals surface area (Å²) in [7, 11) is -3.84. The molecule has 0 aliphatic carbocycles. The zero-order valence-electron chi connectivity index (χ0n) is 17.1. The van der Waals surface area contributed by atoms with Crippen LogP contribution in [0.5, 0.6) is 0 Å². The number of hydrogen-bond acceptors (Lipinski definition) is 5. The van der Waals surface area contributed by atoms with Crippen LogP contribution in [0.15, 0.2) is 53.4 Å². The lowest BCUT2D eigenvalue weighted by molar-refractivity contribution is -0.136. The first kappa shape index (κ1) is 22.3. The minimum Gasteiger partial charge on any atom is -0.340 e. The number of benzene rings is 2. The van der Waals surface area contributed by atoms with Crippen LogP contribution in [0.25, 0.3) is 0 Å². The van der Waals surface area contributed by atoms with Gasteiger partial charge in [0.15, 0.2) is 0 Å². The number of carbonyl (C=O) groups excluding carboxylic acids is 2. The lowest BCUT2D eigenvalue weighted by atomic mass is 10.1. The number of para-hydroxylation sites is 1. The van der Waals surface area contributed by atoms with Gasteiger partial charge in [0, 0.05) is 39.1 Å². The van der Waals surface area contributed by atoms with Crippen molar-refractivity contribution < 1.29 is 18.0 Å². The summed E-state index contributed by atoms with van der Waals surface area (Å²) in [5.41, 5.74) is 0.677. The average molecular weight is 473 g/mol. The summed E-state index contributed by atoms with van der Waals surface area (Å²) in [5.74, 6) is -0.825. The van der Waals surface area contributed by atoms with E-state index >= 15 is 0 Å².